The molecule has 0 aromatic rings. The fraction of sp³-hybridized carbons (Fsp3) is 0.688. The summed E-state index contributed by atoms with van der Waals surface area (Å²) in [6.45, 7) is 3.84. The third-order valence-corrected chi connectivity index (χ3v) is 5.39. The number of nitrogens with one attached hydrogen (secondary N) is 3. The molecule has 2 aliphatic rings. The van der Waals surface area contributed by atoms with E-state index < -0.39 is 17.9 Å². The first-order valence-electron chi connectivity index (χ1n) is 8.38. The molecule has 0 radical (unpaired) electrons. The number of thioether (sulfide) groups is 1. The number of carbonyl (C=O) groups is 3. The lowest BCUT2D eigenvalue weighted by molar-refractivity contribution is -0.124. The summed E-state index contributed by atoms with van der Waals surface area (Å²) < 4.78 is 4.71. The van der Waals surface area contributed by atoms with Gasteiger partial charge in [-0.05, 0) is 57.0 Å². The maximum Gasteiger partial charge on any atom is 0.413 e. The van der Waals surface area contributed by atoms with Crippen LogP contribution in [0, 0.1) is 11.8 Å². The van der Waals surface area contributed by atoms with Gasteiger partial charge in [-0.1, -0.05) is 6.08 Å². The normalized spacial score (nSPS) is 24.7. The molecule has 2 aliphatic heterocycles. The van der Waals surface area contributed by atoms with E-state index in [4.69, 9.17) is 4.74 Å². The summed E-state index contributed by atoms with van der Waals surface area (Å²) in [6.07, 6.45) is 5.46. The van der Waals surface area contributed by atoms with Crippen molar-refractivity contribution in [3.05, 3.63) is 12.2 Å². The van der Waals surface area contributed by atoms with Gasteiger partial charge in [-0.3, -0.25) is 14.9 Å². The van der Waals surface area contributed by atoms with E-state index in [-0.39, 0.29) is 17.9 Å². The SMILES string of the molecule is CCOC(=O)NC(=O)C1CCSC1NC(=O)/C=C/C1CCNCC1. The number of hydrogen-bond donors (Lipinski definition) is 3. The topological polar surface area (TPSA) is 96.5 Å². The van der Waals surface area contributed by atoms with Gasteiger partial charge in [0.05, 0.1) is 17.9 Å². The highest BCUT2D eigenvalue weighted by Gasteiger charge is 2.35. The molecule has 0 aromatic heterocycles. The lowest BCUT2D eigenvalue weighted by atomic mass is 9.98. The maximum atomic E-state index is 12.1. The number of alkyl carbamates (subject to hydrolysis) is 1. The van der Waals surface area contributed by atoms with Crippen molar-refractivity contribution in [2.24, 2.45) is 11.8 Å². The molecule has 2 fully saturated rings. The van der Waals surface area contributed by atoms with Crippen molar-refractivity contribution in [3.8, 4) is 0 Å². The lowest BCUT2D eigenvalue weighted by Crippen LogP contribution is -2.44. The second-order valence-corrected chi connectivity index (χ2v) is 7.10. The molecule has 8 heteroatoms. The van der Waals surface area contributed by atoms with Gasteiger partial charge in [0.15, 0.2) is 0 Å². The molecule has 2 saturated heterocycles. The van der Waals surface area contributed by atoms with Crippen molar-refractivity contribution < 1.29 is 19.1 Å². The highest BCUT2D eigenvalue weighted by molar-refractivity contribution is 8.00. The molecule has 3 N–H and O–H groups in total. The zero-order valence-electron chi connectivity index (χ0n) is 13.9. The van der Waals surface area contributed by atoms with Crippen molar-refractivity contribution in [2.45, 2.75) is 31.6 Å². The van der Waals surface area contributed by atoms with E-state index in [0.717, 1.165) is 31.7 Å². The largest absolute Gasteiger partial charge is 0.450 e. The second kappa shape index (κ2) is 9.68. The Morgan fingerprint density at radius 1 is 1.25 bits per heavy atom. The van der Waals surface area contributed by atoms with Crippen LogP contribution in [0.2, 0.25) is 0 Å². The molecule has 0 aromatic carbocycles. The molecule has 2 heterocycles. The van der Waals surface area contributed by atoms with Crippen molar-refractivity contribution in [3.63, 3.8) is 0 Å². The molecule has 0 spiro atoms. The van der Waals surface area contributed by atoms with Crippen molar-refractivity contribution >= 4 is 29.7 Å². The number of imide groups is 1. The Morgan fingerprint density at radius 2 is 2.00 bits per heavy atom. The molecule has 2 atom stereocenters. The Bertz CT molecular complexity index is 492. The third kappa shape index (κ3) is 5.83. The number of rotatable bonds is 5. The second-order valence-electron chi connectivity index (χ2n) is 5.85. The van der Waals surface area contributed by atoms with E-state index in [1.807, 2.05) is 6.08 Å². The van der Waals surface area contributed by atoms with Crippen LogP contribution in [-0.4, -0.2) is 48.7 Å². The number of hydrogen-bond acceptors (Lipinski definition) is 6. The van der Waals surface area contributed by atoms with Crippen LogP contribution in [0.1, 0.15) is 26.2 Å². The van der Waals surface area contributed by atoms with Crippen LogP contribution >= 0.6 is 11.8 Å². The molecule has 2 unspecified atom stereocenters. The molecule has 0 saturated carbocycles. The predicted molar refractivity (Wildman–Crippen MR) is 92.4 cm³/mol. The average molecular weight is 355 g/mol. The summed E-state index contributed by atoms with van der Waals surface area (Å²) >= 11 is 1.52. The zero-order valence-corrected chi connectivity index (χ0v) is 14.7. The fourth-order valence-corrected chi connectivity index (χ4v) is 4.14. The van der Waals surface area contributed by atoms with E-state index in [0.29, 0.717) is 12.3 Å². The number of piperidine rings is 1. The molecule has 3 amide bonds. The summed E-state index contributed by atoms with van der Waals surface area (Å²) in [4.78, 5) is 35.6. The molecule has 134 valence electrons. The van der Waals surface area contributed by atoms with E-state index in [1.54, 1.807) is 13.0 Å². The fourth-order valence-electron chi connectivity index (χ4n) is 2.81. The van der Waals surface area contributed by atoms with Crippen LogP contribution in [-0.2, 0) is 14.3 Å². The summed E-state index contributed by atoms with van der Waals surface area (Å²) in [5.41, 5.74) is 0. The number of amides is 3. The van der Waals surface area contributed by atoms with E-state index in [1.165, 1.54) is 11.8 Å². The van der Waals surface area contributed by atoms with Crippen LogP contribution < -0.4 is 16.0 Å². The molecule has 2 rings (SSSR count). The zero-order chi connectivity index (χ0) is 17.4. The first-order valence-corrected chi connectivity index (χ1v) is 9.43. The van der Waals surface area contributed by atoms with Crippen molar-refractivity contribution in [1.82, 2.24) is 16.0 Å². The molecular formula is C16H25N3O4S. The van der Waals surface area contributed by atoms with Gasteiger partial charge in [0.1, 0.15) is 0 Å². The minimum absolute atomic E-state index is 0.193. The highest BCUT2D eigenvalue weighted by atomic mass is 32.2. The van der Waals surface area contributed by atoms with Crippen LogP contribution in [0.3, 0.4) is 0 Å². The highest BCUT2D eigenvalue weighted by Crippen LogP contribution is 2.30. The Balaban J connectivity index is 1.81. The minimum atomic E-state index is -0.740. The summed E-state index contributed by atoms with van der Waals surface area (Å²) in [6, 6.07) is 0. The van der Waals surface area contributed by atoms with Gasteiger partial charge >= 0.3 is 6.09 Å². The Labute approximate surface area is 146 Å². The monoisotopic (exact) mass is 355 g/mol. The van der Waals surface area contributed by atoms with Crippen LogP contribution in [0.5, 0.6) is 0 Å². The first-order chi connectivity index (χ1) is 11.6. The van der Waals surface area contributed by atoms with Crippen LogP contribution in [0.4, 0.5) is 4.79 Å². The Morgan fingerprint density at radius 3 is 2.71 bits per heavy atom. The van der Waals surface area contributed by atoms with E-state index >= 15 is 0 Å². The number of ether oxygens (including phenoxy) is 1. The number of carbonyl (C=O) groups excluding carboxylic acids is 3. The van der Waals surface area contributed by atoms with Crippen molar-refractivity contribution in [1.29, 1.82) is 0 Å². The van der Waals surface area contributed by atoms with Gasteiger partial charge in [0.25, 0.3) is 0 Å². The number of allylic oxidation sites excluding steroid dienone is 1. The molecule has 0 aliphatic carbocycles. The molecule has 7 nitrogen and oxygen atoms in total. The summed E-state index contributed by atoms with van der Waals surface area (Å²) in [5, 5.41) is 8.05. The van der Waals surface area contributed by atoms with Gasteiger partial charge in [-0.15, -0.1) is 11.8 Å². The van der Waals surface area contributed by atoms with E-state index in [2.05, 4.69) is 16.0 Å². The maximum absolute atomic E-state index is 12.1. The van der Waals surface area contributed by atoms with E-state index in [9.17, 15) is 14.4 Å². The summed E-state index contributed by atoms with van der Waals surface area (Å²) in [7, 11) is 0. The Kier molecular flexibility index (Phi) is 7.58. The molecular weight excluding hydrogens is 330 g/mol. The van der Waals surface area contributed by atoms with Crippen LogP contribution in [0.25, 0.3) is 0 Å². The van der Waals surface area contributed by atoms with Gasteiger partial charge in [-0.2, -0.15) is 0 Å². The smallest absolute Gasteiger partial charge is 0.413 e. The van der Waals surface area contributed by atoms with Gasteiger partial charge in [0.2, 0.25) is 11.8 Å². The molecule has 0 bridgehead atoms. The third-order valence-electron chi connectivity index (χ3n) is 4.12. The van der Waals surface area contributed by atoms with Crippen molar-refractivity contribution in [2.75, 3.05) is 25.4 Å². The Hall–Kier alpha value is -1.54. The standard InChI is InChI=1S/C16H25N3O4S/c1-2-23-16(22)19-14(21)12-7-10-24-15(12)18-13(20)4-3-11-5-8-17-9-6-11/h3-4,11-12,15,17H,2,5-10H2,1H3,(H,18,20)(H,19,21,22)/b4-3+. The quantitative estimate of drug-likeness (QED) is 0.637. The average Bonchev–Trinajstić information content (AvgIpc) is 3.02. The van der Waals surface area contributed by atoms with Gasteiger partial charge in [-0.25, -0.2) is 4.79 Å². The predicted octanol–water partition coefficient (Wildman–Crippen LogP) is 1.01. The molecule has 24 heavy (non-hydrogen) atoms. The lowest BCUT2D eigenvalue weighted by Gasteiger charge is -2.20. The minimum Gasteiger partial charge on any atom is -0.450 e. The van der Waals surface area contributed by atoms with Crippen LogP contribution in [0.15, 0.2) is 12.2 Å². The summed E-state index contributed by atoms with van der Waals surface area (Å²) in [5.74, 6) is 0.184. The van der Waals surface area contributed by atoms with Gasteiger partial charge in [0, 0.05) is 0 Å². The first kappa shape index (κ1) is 18.8. The van der Waals surface area contributed by atoms with Gasteiger partial charge < -0.3 is 15.4 Å².